The van der Waals surface area contributed by atoms with E-state index in [4.69, 9.17) is 4.52 Å². The van der Waals surface area contributed by atoms with Crippen LogP contribution in [-0.2, 0) is 22.6 Å². The van der Waals surface area contributed by atoms with Gasteiger partial charge in [-0.3, -0.25) is 9.59 Å². The highest BCUT2D eigenvalue weighted by molar-refractivity contribution is 5.83. The van der Waals surface area contributed by atoms with Crippen LogP contribution in [0.3, 0.4) is 0 Å². The second-order valence-corrected chi connectivity index (χ2v) is 7.92. The summed E-state index contributed by atoms with van der Waals surface area (Å²) in [4.78, 5) is 27.0. The van der Waals surface area contributed by atoms with E-state index < -0.39 is 0 Å². The third kappa shape index (κ3) is 4.84. The van der Waals surface area contributed by atoms with Gasteiger partial charge in [-0.15, -0.1) is 0 Å². The molecule has 3 heterocycles. The van der Waals surface area contributed by atoms with E-state index in [0.717, 1.165) is 43.8 Å². The maximum Gasteiger partial charge on any atom is 0.226 e. The Kier molecular flexibility index (Phi) is 6.29. The molecule has 2 fully saturated rings. The normalized spacial score (nSPS) is 23.4. The molecule has 1 aromatic rings. The average molecular weight is 362 g/mol. The molecule has 0 radical (unpaired) electrons. The maximum absolute atomic E-state index is 12.6. The number of carbonyl (C=O) groups excluding carboxylic acids is 2. The summed E-state index contributed by atoms with van der Waals surface area (Å²) in [6.07, 6.45) is 3.64. The van der Waals surface area contributed by atoms with Crippen molar-refractivity contribution in [2.75, 3.05) is 26.2 Å². The summed E-state index contributed by atoms with van der Waals surface area (Å²) < 4.78 is 5.29. The molecule has 7 nitrogen and oxygen atoms in total. The molecule has 3 rings (SSSR count). The predicted octanol–water partition coefficient (Wildman–Crippen LogP) is 1.34. The molecule has 0 aromatic carbocycles. The number of nitrogens with zero attached hydrogens (tertiary/aromatic N) is 2. The minimum absolute atomic E-state index is 0.0233. The van der Waals surface area contributed by atoms with Gasteiger partial charge in [-0.05, 0) is 25.2 Å². The molecule has 0 unspecified atom stereocenters. The summed E-state index contributed by atoms with van der Waals surface area (Å²) in [7, 11) is 0. The number of carbonyl (C=O) groups is 2. The highest BCUT2D eigenvalue weighted by Crippen LogP contribution is 2.21. The van der Waals surface area contributed by atoms with Gasteiger partial charge < -0.3 is 20.1 Å². The Bertz CT molecular complexity index is 622. The fraction of sp³-hybridized carbons (Fsp3) is 0.737. The Balaban J connectivity index is 1.48. The first-order chi connectivity index (χ1) is 12.5. The van der Waals surface area contributed by atoms with E-state index in [1.165, 1.54) is 0 Å². The number of rotatable bonds is 6. The van der Waals surface area contributed by atoms with Crippen molar-refractivity contribution in [3.63, 3.8) is 0 Å². The fourth-order valence-corrected chi connectivity index (χ4v) is 3.79. The van der Waals surface area contributed by atoms with Crippen molar-refractivity contribution >= 4 is 11.8 Å². The number of likely N-dealkylation sites (tertiary alicyclic amines) is 1. The minimum Gasteiger partial charge on any atom is -0.361 e. The van der Waals surface area contributed by atoms with Crippen molar-refractivity contribution in [3.8, 4) is 0 Å². The first-order valence-electron chi connectivity index (χ1n) is 9.74. The standard InChI is InChI=1S/C19H30N4O3/c1-13(2)7-17-9-16(22-26-17)12-21-18(24)14-8-15(11-20-10-14)19(25)23-5-3-4-6-23/h9,13-15,20H,3-8,10-12H2,1-2H3,(H,21,24)/t14-,15-/m1/s1. The molecule has 2 N–H and O–H groups in total. The molecule has 1 aromatic heterocycles. The van der Waals surface area contributed by atoms with Crippen molar-refractivity contribution in [1.29, 1.82) is 0 Å². The molecule has 2 amide bonds. The van der Waals surface area contributed by atoms with E-state index in [1.807, 2.05) is 11.0 Å². The molecule has 0 spiro atoms. The van der Waals surface area contributed by atoms with Crippen LogP contribution in [-0.4, -0.2) is 48.0 Å². The van der Waals surface area contributed by atoms with Crippen LogP contribution in [0.4, 0.5) is 0 Å². The molecule has 7 heteroatoms. The first kappa shape index (κ1) is 18.9. The number of piperidine rings is 1. The lowest BCUT2D eigenvalue weighted by atomic mass is 9.89. The SMILES string of the molecule is CC(C)Cc1cc(CNC(=O)[C@H]2CNC[C@H](C(=O)N3CCCC3)C2)no1. The first-order valence-corrected chi connectivity index (χ1v) is 9.74. The number of hydrogen-bond donors (Lipinski definition) is 2. The highest BCUT2D eigenvalue weighted by Gasteiger charge is 2.34. The van der Waals surface area contributed by atoms with Gasteiger partial charge >= 0.3 is 0 Å². The molecule has 26 heavy (non-hydrogen) atoms. The van der Waals surface area contributed by atoms with Crippen LogP contribution in [0, 0.1) is 17.8 Å². The van der Waals surface area contributed by atoms with Crippen LogP contribution >= 0.6 is 0 Å². The van der Waals surface area contributed by atoms with Gasteiger partial charge in [0.1, 0.15) is 11.5 Å². The van der Waals surface area contributed by atoms with Gasteiger partial charge in [0, 0.05) is 38.7 Å². The van der Waals surface area contributed by atoms with Crippen molar-refractivity contribution < 1.29 is 14.1 Å². The Morgan fingerprint density at radius 1 is 1.31 bits per heavy atom. The molecule has 0 saturated carbocycles. The fourth-order valence-electron chi connectivity index (χ4n) is 3.79. The Labute approximate surface area is 154 Å². The smallest absolute Gasteiger partial charge is 0.226 e. The summed E-state index contributed by atoms with van der Waals surface area (Å²) in [5.74, 6) is 1.25. The van der Waals surface area contributed by atoms with Crippen molar-refractivity contribution in [2.24, 2.45) is 17.8 Å². The lowest BCUT2D eigenvalue weighted by molar-refractivity contribution is -0.136. The summed E-state index contributed by atoms with van der Waals surface area (Å²) in [6.45, 7) is 7.61. The monoisotopic (exact) mass is 362 g/mol. The summed E-state index contributed by atoms with van der Waals surface area (Å²) in [5, 5.41) is 10.2. The zero-order valence-corrected chi connectivity index (χ0v) is 15.8. The topological polar surface area (TPSA) is 87.5 Å². The lowest BCUT2D eigenvalue weighted by Gasteiger charge is -2.31. The zero-order valence-electron chi connectivity index (χ0n) is 15.8. The molecule has 0 aliphatic carbocycles. The van der Waals surface area contributed by atoms with Crippen LogP contribution in [0.1, 0.15) is 44.6 Å². The van der Waals surface area contributed by atoms with Crippen LogP contribution in [0.5, 0.6) is 0 Å². The molecular weight excluding hydrogens is 332 g/mol. The second-order valence-electron chi connectivity index (χ2n) is 7.92. The molecular formula is C19H30N4O3. The minimum atomic E-state index is -0.178. The van der Waals surface area contributed by atoms with E-state index in [-0.39, 0.29) is 23.7 Å². The third-order valence-electron chi connectivity index (χ3n) is 5.15. The van der Waals surface area contributed by atoms with E-state index >= 15 is 0 Å². The summed E-state index contributed by atoms with van der Waals surface area (Å²) >= 11 is 0. The molecule has 2 aliphatic rings. The molecule has 2 atom stereocenters. The highest BCUT2D eigenvalue weighted by atomic mass is 16.5. The molecule has 2 saturated heterocycles. The van der Waals surface area contributed by atoms with Crippen molar-refractivity contribution in [2.45, 2.75) is 46.1 Å². The van der Waals surface area contributed by atoms with Gasteiger partial charge in [0.05, 0.1) is 18.4 Å². The van der Waals surface area contributed by atoms with E-state index in [2.05, 4.69) is 29.6 Å². The molecule has 144 valence electrons. The number of aromatic nitrogens is 1. The third-order valence-corrected chi connectivity index (χ3v) is 5.15. The Morgan fingerprint density at radius 2 is 2.04 bits per heavy atom. The van der Waals surface area contributed by atoms with Crippen LogP contribution in [0.25, 0.3) is 0 Å². The van der Waals surface area contributed by atoms with Gasteiger partial charge in [0.2, 0.25) is 11.8 Å². The van der Waals surface area contributed by atoms with E-state index in [9.17, 15) is 9.59 Å². The van der Waals surface area contributed by atoms with Crippen LogP contribution in [0.2, 0.25) is 0 Å². The summed E-state index contributed by atoms with van der Waals surface area (Å²) in [6, 6.07) is 1.90. The van der Waals surface area contributed by atoms with Gasteiger partial charge in [-0.1, -0.05) is 19.0 Å². The molecule has 2 aliphatic heterocycles. The average Bonchev–Trinajstić information content (AvgIpc) is 3.30. The van der Waals surface area contributed by atoms with Crippen LogP contribution < -0.4 is 10.6 Å². The number of amides is 2. The quantitative estimate of drug-likeness (QED) is 0.797. The Hall–Kier alpha value is -1.89. The largest absolute Gasteiger partial charge is 0.361 e. The van der Waals surface area contributed by atoms with Crippen molar-refractivity contribution in [1.82, 2.24) is 20.7 Å². The summed E-state index contributed by atoms with van der Waals surface area (Å²) in [5.41, 5.74) is 0.738. The molecule has 0 bridgehead atoms. The van der Waals surface area contributed by atoms with Crippen molar-refractivity contribution in [3.05, 3.63) is 17.5 Å². The van der Waals surface area contributed by atoms with Crippen LogP contribution in [0.15, 0.2) is 10.6 Å². The maximum atomic E-state index is 12.6. The lowest BCUT2D eigenvalue weighted by Crippen LogP contribution is -2.48. The number of hydrogen-bond acceptors (Lipinski definition) is 5. The van der Waals surface area contributed by atoms with Gasteiger partial charge in [0.15, 0.2) is 0 Å². The van der Waals surface area contributed by atoms with Gasteiger partial charge in [-0.25, -0.2) is 0 Å². The Morgan fingerprint density at radius 3 is 2.77 bits per heavy atom. The van der Waals surface area contributed by atoms with E-state index in [1.54, 1.807) is 0 Å². The predicted molar refractivity (Wildman–Crippen MR) is 97.2 cm³/mol. The zero-order chi connectivity index (χ0) is 18.5. The van der Waals surface area contributed by atoms with Gasteiger partial charge in [0.25, 0.3) is 0 Å². The number of nitrogens with one attached hydrogen (secondary N) is 2. The second kappa shape index (κ2) is 8.66. The van der Waals surface area contributed by atoms with E-state index in [0.29, 0.717) is 32.0 Å². The van der Waals surface area contributed by atoms with Gasteiger partial charge in [-0.2, -0.15) is 0 Å².